The van der Waals surface area contributed by atoms with Gasteiger partial charge in [-0.1, -0.05) is 20.8 Å². The first-order valence-corrected chi connectivity index (χ1v) is 7.45. The number of aliphatic carboxylic acids is 1. The quantitative estimate of drug-likeness (QED) is 0.503. The van der Waals surface area contributed by atoms with E-state index in [1.54, 1.807) is 0 Å². The number of hydrogen-bond donors (Lipinski definition) is 3. The first kappa shape index (κ1) is 18.7. The average Bonchev–Trinajstić information content (AvgIpc) is 2.43. The molecule has 0 aromatic heterocycles. The maximum atomic E-state index is 11.5. The fourth-order valence-electron chi connectivity index (χ4n) is 1.85. The van der Waals surface area contributed by atoms with E-state index in [1.807, 2.05) is 6.92 Å². The van der Waals surface area contributed by atoms with Gasteiger partial charge in [0.05, 0.1) is 0 Å². The molecule has 0 fully saturated rings. The number of carboxylic acid groups (broad SMARTS) is 1. The number of rotatable bonds is 11. The van der Waals surface area contributed by atoms with Crippen LogP contribution in [0.1, 0.15) is 40.0 Å². The highest BCUT2D eigenvalue weighted by atomic mass is 16.4. The van der Waals surface area contributed by atoms with E-state index >= 15 is 0 Å². The van der Waals surface area contributed by atoms with Gasteiger partial charge in [-0.25, -0.2) is 4.79 Å². The highest BCUT2D eigenvalue weighted by molar-refractivity contribution is 5.73. The van der Waals surface area contributed by atoms with E-state index in [1.165, 1.54) is 0 Å². The summed E-state index contributed by atoms with van der Waals surface area (Å²) in [5.41, 5.74) is 0. The minimum atomic E-state index is -0.794. The second kappa shape index (κ2) is 11.5. The minimum absolute atomic E-state index is 0.147. The van der Waals surface area contributed by atoms with E-state index in [0.717, 1.165) is 26.1 Å². The van der Waals surface area contributed by atoms with Crippen LogP contribution < -0.4 is 10.6 Å². The van der Waals surface area contributed by atoms with Crippen LogP contribution in [0.25, 0.3) is 0 Å². The van der Waals surface area contributed by atoms with Gasteiger partial charge in [-0.3, -0.25) is 4.79 Å². The van der Waals surface area contributed by atoms with Crippen molar-refractivity contribution in [3.63, 3.8) is 0 Å². The monoisotopic (exact) mass is 287 g/mol. The summed E-state index contributed by atoms with van der Waals surface area (Å²) < 4.78 is 0. The average molecular weight is 287 g/mol. The number of hydrogen-bond acceptors (Lipinski definition) is 3. The molecule has 0 aliphatic rings. The number of carboxylic acids is 1. The molecule has 0 aromatic rings. The van der Waals surface area contributed by atoms with Crippen LogP contribution in [0.15, 0.2) is 0 Å². The molecule has 118 valence electrons. The van der Waals surface area contributed by atoms with Crippen LogP contribution in [0.2, 0.25) is 0 Å². The van der Waals surface area contributed by atoms with Gasteiger partial charge in [0.15, 0.2) is 0 Å². The molecule has 20 heavy (non-hydrogen) atoms. The molecule has 0 saturated carbocycles. The zero-order chi connectivity index (χ0) is 15.4. The number of urea groups is 1. The van der Waals surface area contributed by atoms with Crippen molar-refractivity contribution in [2.75, 3.05) is 32.7 Å². The fraction of sp³-hybridized carbons (Fsp3) is 0.857. The largest absolute Gasteiger partial charge is 0.481 e. The predicted molar refractivity (Wildman–Crippen MR) is 79.8 cm³/mol. The molecule has 0 radical (unpaired) electrons. The Morgan fingerprint density at radius 1 is 1.20 bits per heavy atom. The van der Waals surface area contributed by atoms with Crippen molar-refractivity contribution in [2.24, 2.45) is 5.92 Å². The lowest BCUT2D eigenvalue weighted by Crippen LogP contribution is -2.39. The number of carbonyl (C=O) groups is 2. The highest BCUT2D eigenvalue weighted by Gasteiger charge is 2.07. The third-order valence-electron chi connectivity index (χ3n) is 3.29. The van der Waals surface area contributed by atoms with Crippen molar-refractivity contribution in [3.8, 4) is 0 Å². The summed E-state index contributed by atoms with van der Waals surface area (Å²) in [4.78, 5) is 24.2. The molecule has 0 saturated heterocycles. The lowest BCUT2D eigenvalue weighted by molar-refractivity contribution is -0.137. The Morgan fingerprint density at radius 2 is 1.85 bits per heavy atom. The number of carbonyl (C=O) groups excluding carboxylic acids is 1. The second-order valence-electron chi connectivity index (χ2n) is 5.05. The van der Waals surface area contributed by atoms with Crippen LogP contribution in [0, 0.1) is 5.92 Å². The van der Waals surface area contributed by atoms with Gasteiger partial charge in [-0.2, -0.15) is 0 Å². The lowest BCUT2D eigenvalue weighted by Gasteiger charge is -2.18. The van der Waals surface area contributed by atoms with Crippen LogP contribution in [-0.4, -0.2) is 54.7 Å². The van der Waals surface area contributed by atoms with Gasteiger partial charge in [0.25, 0.3) is 0 Å². The van der Waals surface area contributed by atoms with E-state index in [-0.39, 0.29) is 18.4 Å². The van der Waals surface area contributed by atoms with Crippen molar-refractivity contribution in [1.29, 1.82) is 0 Å². The van der Waals surface area contributed by atoms with Gasteiger partial charge >= 0.3 is 12.0 Å². The Hall–Kier alpha value is -1.30. The van der Waals surface area contributed by atoms with Crippen LogP contribution in [0.4, 0.5) is 4.79 Å². The summed E-state index contributed by atoms with van der Waals surface area (Å²) in [7, 11) is 0. The molecule has 1 unspecified atom stereocenters. The van der Waals surface area contributed by atoms with Gasteiger partial charge in [-0.05, 0) is 38.4 Å². The fourth-order valence-corrected chi connectivity index (χ4v) is 1.85. The Kier molecular flexibility index (Phi) is 10.8. The van der Waals surface area contributed by atoms with E-state index in [0.29, 0.717) is 19.5 Å². The van der Waals surface area contributed by atoms with Crippen molar-refractivity contribution >= 4 is 12.0 Å². The molecular formula is C14H29N3O3. The third-order valence-corrected chi connectivity index (χ3v) is 3.29. The summed E-state index contributed by atoms with van der Waals surface area (Å²) >= 11 is 0. The maximum absolute atomic E-state index is 11.5. The van der Waals surface area contributed by atoms with Crippen molar-refractivity contribution in [1.82, 2.24) is 15.5 Å². The van der Waals surface area contributed by atoms with Crippen LogP contribution in [-0.2, 0) is 4.79 Å². The van der Waals surface area contributed by atoms with E-state index in [2.05, 4.69) is 29.4 Å². The van der Waals surface area contributed by atoms with Gasteiger partial charge in [-0.15, -0.1) is 0 Å². The minimum Gasteiger partial charge on any atom is -0.481 e. The number of amides is 2. The normalized spacial score (nSPS) is 12.2. The lowest BCUT2D eigenvalue weighted by atomic mass is 10.1. The van der Waals surface area contributed by atoms with Crippen molar-refractivity contribution in [2.45, 2.75) is 40.0 Å². The van der Waals surface area contributed by atoms with Crippen molar-refractivity contribution < 1.29 is 14.7 Å². The van der Waals surface area contributed by atoms with Crippen molar-refractivity contribution in [3.05, 3.63) is 0 Å². The summed E-state index contributed by atoms with van der Waals surface area (Å²) in [5, 5.41) is 14.1. The van der Waals surface area contributed by atoms with Gasteiger partial charge in [0.1, 0.15) is 0 Å². The standard InChI is InChI=1S/C14H29N3O3/c1-4-17(5-2)10-6-9-15-14(20)16-11-12(3)7-8-13(18)19/h12H,4-11H2,1-3H3,(H,18,19)(H2,15,16,20). The van der Waals surface area contributed by atoms with Gasteiger partial charge < -0.3 is 20.6 Å². The Morgan fingerprint density at radius 3 is 2.40 bits per heavy atom. The van der Waals surface area contributed by atoms with Crippen LogP contribution in [0.3, 0.4) is 0 Å². The second-order valence-corrected chi connectivity index (χ2v) is 5.05. The SMILES string of the molecule is CCN(CC)CCCNC(=O)NCC(C)CCC(=O)O. The highest BCUT2D eigenvalue weighted by Crippen LogP contribution is 2.03. The zero-order valence-corrected chi connectivity index (χ0v) is 12.9. The summed E-state index contributed by atoms with van der Waals surface area (Å²) in [6.07, 6.45) is 1.66. The molecule has 1 atom stereocenters. The summed E-state index contributed by atoms with van der Waals surface area (Å²) in [6.45, 7) is 10.4. The number of nitrogens with zero attached hydrogens (tertiary/aromatic N) is 1. The first-order chi connectivity index (χ1) is 9.49. The zero-order valence-electron chi connectivity index (χ0n) is 12.9. The molecule has 6 heteroatoms. The molecular weight excluding hydrogens is 258 g/mol. The van der Waals surface area contributed by atoms with E-state index < -0.39 is 5.97 Å². The van der Waals surface area contributed by atoms with Crippen LogP contribution >= 0.6 is 0 Å². The molecule has 0 aliphatic carbocycles. The van der Waals surface area contributed by atoms with E-state index in [9.17, 15) is 9.59 Å². The van der Waals surface area contributed by atoms with Gasteiger partial charge in [0.2, 0.25) is 0 Å². The number of nitrogens with one attached hydrogen (secondary N) is 2. The Labute approximate surface area is 121 Å². The Bertz CT molecular complexity index is 281. The molecule has 2 amide bonds. The Balaban J connectivity index is 3.56. The molecule has 0 heterocycles. The smallest absolute Gasteiger partial charge is 0.314 e. The van der Waals surface area contributed by atoms with Gasteiger partial charge in [0, 0.05) is 19.5 Å². The summed E-state index contributed by atoms with van der Waals surface area (Å²) in [6, 6.07) is -0.174. The first-order valence-electron chi connectivity index (χ1n) is 7.45. The molecule has 0 aromatic carbocycles. The molecule has 6 nitrogen and oxygen atoms in total. The maximum Gasteiger partial charge on any atom is 0.314 e. The predicted octanol–water partition coefficient (Wildman–Crippen LogP) is 1.52. The summed E-state index contributed by atoms with van der Waals surface area (Å²) in [5.74, 6) is -0.620. The molecule has 3 N–H and O–H groups in total. The topological polar surface area (TPSA) is 81.7 Å². The third kappa shape index (κ3) is 10.6. The van der Waals surface area contributed by atoms with E-state index in [4.69, 9.17) is 5.11 Å². The molecule has 0 rings (SSSR count). The van der Waals surface area contributed by atoms with Crippen LogP contribution in [0.5, 0.6) is 0 Å². The molecule has 0 spiro atoms. The molecule has 0 bridgehead atoms. The molecule has 0 aliphatic heterocycles.